The summed E-state index contributed by atoms with van der Waals surface area (Å²) < 4.78 is 7.93. The number of aromatic nitrogens is 4. The van der Waals surface area contributed by atoms with Gasteiger partial charge >= 0.3 is 0 Å². The van der Waals surface area contributed by atoms with Gasteiger partial charge in [0.15, 0.2) is 13.6 Å². The highest BCUT2D eigenvalue weighted by atomic mass is 16.5. The Hall–Kier alpha value is -3.37. The van der Waals surface area contributed by atoms with Crippen molar-refractivity contribution in [3.8, 4) is 29.4 Å². The number of terminal acetylenes is 1. The van der Waals surface area contributed by atoms with Crippen LogP contribution in [0, 0.1) is 12.3 Å². The second-order valence-electron chi connectivity index (χ2n) is 7.33. The van der Waals surface area contributed by atoms with Crippen molar-refractivity contribution >= 4 is 19.0 Å². The monoisotopic (exact) mass is 397 g/mol. The van der Waals surface area contributed by atoms with Crippen LogP contribution in [-0.4, -0.2) is 39.1 Å². The van der Waals surface area contributed by atoms with E-state index in [2.05, 4.69) is 33.4 Å². The summed E-state index contributed by atoms with van der Waals surface area (Å²) in [7, 11) is 2.15. The second kappa shape index (κ2) is 8.97. The summed E-state index contributed by atoms with van der Waals surface area (Å²) in [5.74, 6) is 3.91. The Morgan fingerprint density at radius 1 is 1.30 bits per heavy atom. The lowest BCUT2D eigenvalue weighted by Crippen LogP contribution is -2.35. The van der Waals surface area contributed by atoms with E-state index in [9.17, 15) is 0 Å². The molecule has 0 amide bonds. The molecule has 0 spiro atoms. The summed E-state index contributed by atoms with van der Waals surface area (Å²) in [5.41, 5.74) is 2.75. The maximum absolute atomic E-state index is 5.88. The standard InChI is InChI=1S/C23H24BN5O/c1-3-5-8-18(4-2)30-19-12-10-17(11-13-19)22-20-15-25-16-26-23(20)29(27-22)21-9-6-7-14-28(21)24/h1,4-5,8,10-13,15-16,21H,6-7,9,14,24H2,2H3/b8-5-,18-4+. The van der Waals surface area contributed by atoms with Crippen molar-refractivity contribution in [2.24, 2.45) is 0 Å². The fraction of sp³-hybridized carbons (Fsp3) is 0.261. The highest BCUT2D eigenvalue weighted by Gasteiger charge is 2.25. The molecule has 4 rings (SSSR count). The second-order valence-corrected chi connectivity index (χ2v) is 7.33. The maximum atomic E-state index is 5.88. The van der Waals surface area contributed by atoms with Gasteiger partial charge in [-0.2, -0.15) is 5.10 Å². The van der Waals surface area contributed by atoms with E-state index in [-0.39, 0.29) is 6.17 Å². The van der Waals surface area contributed by atoms with E-state index in [1.54, 1.807) is 18.5 Å². The quantitative estimate of drug-likeness (QED) is 0.286. The van der Waals surface area contributed by atoms with Crippen LogP contribution in [-0.2, 0) is 0 Å². The van der Waals surface area contributed by atoms with Crippen LogP contribution in [0.1, 0.15) is 32.4 Å². The van der Waals surface area contributed by atoms with Crippen molar-refractivity contribution in [3.05, 3.63) is 60.8 Å². The number of piperidine rings is 1. The fourth-order valence-corrected chi connectivity index (χ4v) is 3.81. The van der Waals surface area contributed by atoms with E-state index in [4.69, 9.17) is 16.3 Å². The zero-order valence-electron chi connectivity index (χ0n) is 17.3. The minimum absolute atomic E-state index is 0.215. The summed E-state index contributed by atoms with van der Waals surface area (Å²) >= 11 is 0. The third-order valence-corrected chi connectivity index (χ3v) is 5.38. The molecule has 0 N–H and O–H groups in total. The molecule has 30 heavy (non-hydrogen) atoms. The van der Waals surface area contributed by atoms with Crippen molar-refractivity contribution in [3.63, 3.8) is 0 Å². The number of benzene rings is 1. The molecule has 1 fully saturated rings. The first-order chi connectivity index (χ1) is 14.7. The predicted molar refractivity (Wildman–Crippen MR) is 121 cm³/mol. The topological polar surface area (TPSA) is 56.1 Å². The van der Waals surface area contributed by atoms with Gasteiger partial charge in [0, 0.05) is 11.8 Å². The molecule has 0 aliphatic carbocycles. The molecule has 150 valence electrons. The van der Waals surface area contributed by atoms with Crippen LogP contribution in [0.25, 0.3) is 22.3 Å². The Morgan fingerprint density at radius 2 is 2.13 bits per heavy atom. The summed E-state index contributed by atoms with van der Waals surface area (Å²) in [4.78, 5) is 11.1. The molecule has 2 aromatic heterocycles. The molecule has 1 atom stereocenters. The Kier molecular flexibility index (Phi) is 5.96. The average molecular weight is 397 g/mol. The summed E-state index contributed by atoms with van der Waals surface area (Å²) in [6.07, 6.45) is 17.7. The van der Waals surface area contributed by atoms with Crippen LogP contribution in [0.15, 0.2) is 60.8 Å². The molecule has 3 heterocycles. The van der Waals surface area contributed by atoms with Crippen molar-refractivity contribution in [1.82, 2.24) is 24.6 Å². The van der Waals surface area contributed by atoms with Gasteiger partial charge < -0.3 is 9.55 Å². The molecule has 0 saturated carbocycles. The highest BCUT2D eigenvalue weighted by Crippen LogP contribution is 2.32. The van der Waals surface area contributed by atoms with Crippen LogP contribution in [0.3, 0.4) is 0 Å². The number of hydrogen-bond donors (Lipinski definition) is 0. The van der Waals surface area contributed by atoms with Gasteiger partial charge in [-0.3, -0.25) is 0 Å². The lowest BCUT2D eigenvalue weighted by Gasteiger charge is -2.33. The first-order valence-corrected chi connectivity index (χ1v) is 10.2. The number of ether oxygens (including phenoxy) is 1. The normalized spacial score (nSPS) is 18.0. The molecular formula is C23H24BN5O. The molecule has 0 bridgehead atoms. The summed E-state index contributed by atoms with van der Waals surface area (Å²) in [6, 6.07) is 7.89. The largest absolute Gasteiger partial charge is 0.458 e. The van der Waals surface area contributed by atoms with Gasteiger partial charge in [-0.05, 0) is 75.2 Å². The van der Waals surface area contributed by atoms with Crippen molar-refractivity contribution in [2.75, 3.05) is 6.54 Å². The van der Waals surface area contributed by atoms with Crippen molar-refractivity contribution < 1.29 is 4.74 Å². The molecule has 1 unspecified atom stereocenters. The Labute approximate surface area is 177 Å². The van der Waals surface area contributed by atoms with E-state index in [1.807, 2.05) is 43.5 Å². The fourth-order valence-electron chi connectivity index (χ4n) is 3.81. The molecule has 1 aromatic carbocycles. The number of rotatable bonds is 5. The lowest BCUT2D eigenvalue weighted by atomic mass is 10.0. The minimum atomic E-state index is 0.215. The van der Waals surface area contributed by atoms with E-state index in [0.717, 1.165) is 41.0 Å². The first-order valence-electron chi connectivity index (χ1n) is 10.2. The van der Waals surface area contributed by atoms with Gasteiger partial charge in [0.1, 0.15) is 23.5 Å². The number of hydrogen-bond acceptors (Lipinski definition) is 5. The molecule has 6 nitrogen and oxygen atoms in total. The predicted octanol–water partition coefficient (Wildman–Crippen LogP) is 3.50. The highest BCUT2D eigenvalue weighted by molar-refractivity contribution is 6.04. The lowest BCUT2D eigenvalue weighted by molar-refractivity contribution is 0.184. The van der Waals surface area contributed by atoms with E-state index >= 15 is 0 Å². The summed E-state index contributed by atoms with van der Waals surface area (Å²) in [6.45, 7) is 2.98. The van der Waals surface area contributed by atoms with Crippen molar-refractivity contribution in [1.29, 1.82) is 0 Å². The maximum Gasteiger partial charge on any atom is 0.188 e. The van der Waals surface area contributed by atoms with Crippen LogP contribution in [0.5, 0.6) is 5.75 Å². The third kappa shape index (κ3) is 4.00. The van der Waals surface area contributed by atoms with Crippen molar-refractivity contribution in [2.45, 2.75) is 32.4 Å². The number of nitrogens with zero attached hydrogens (tertiary/aromatic N) is 5. The molecular weight excluding hydrogens is 373 g/mol. The SMILES string of the molecule is BN1CCCCC1n1nc(-c2ccc(OC(/C=C\C#C)=C/C)cc2)c2cncnc21. The van der Waals surface area contributed by atoms with Crippen LogP contribution in [0.4, 0.5) is 0 Å². The Morgan fingerprint density at radius 3 is 2.87 bits per heavy atom. The van der Waals surface area contributed by atoms with Gasteiger partial charge in [0.05, 0.1) is 11.6 Å². The Balaban J connectivity index is 1.67. The summed E-state index contributed by atoms with van der Waals surface area (Å²) in [5, 5.41) is 5.92. The van der Waals surface area contributed by atoms with Gasteiger partial charge in [-0.15, -0.1) is 6.42 Å². The number of allylic oxidation sites excluding steroid dienone is 3. The van der Waals surface area contributed by atoms with Gasteiger partial charge in [-0.1, -0.05) is 5.92 Å². The molecule has 1 saturated heterocycles. The van der Waals surface area contributed by atoms with Crippen LogP contribution in [0.2, 0.25) is 0 Å². The zero-order valence-corrected chi connectivity index (χ0v) is 17.3. The molecule has 3 aromatic rings. The smallest absolute Gasteiger partial charge is 0.188 e. The number of fused-ring (bicyclic) bond motifs is 1. The molecule has 1 aliphatic heterocycles. The first kappa shape index (κ1) is 19.9. The van der Waals surface area contributed by atoms with E-state index < -0.39 is 0 Å². The molecule has 0 radical (unpaired) electrons. The average Bonchev–Trinajstić information content (AvgIpc) is 3.17. The minimum Gasteiger partial charge on any atom is -0.458 e. The van der Waals surface area contributed by atoms with Gasteiger partial charge in [0.25, 0.3) is 0 Å². The zero-order chi connectivity index (χ0) is 20.9. The Bertz CT molecular complexity index is 1130. The van der Waals surface area contributed by atoms with Gasteiger partial charge in [0.2, 0.25) is 0 Å². The third-order valence-electron chi connectivity index (χ3n) is 5.38. The molecule has 1 aliphatic rings. The molecule has 7 heteroatoms. The van der Waals surface area contributed by atoms with Crippen LogP contribution < -0.4 is 4.74 Å². The van der Waals surface area contributed by atoms with Crippen LogP contribution >= 0.6 is 0 Å². The van der Waals surface area contributed by atoms with E-state index in [1.165, 1.54) is 12.8 Å². The van der Waals surface area contributed by atoms with E-state index in [0.29, 0.717) is 5.76 Å². The van der Waals surface area contributed by atoms with Gasteiger partial charge in [-0.25, -0.2) is 14.6 Å².